The van der Waals surface area contributed by atoms with E-state index in [2.05, 4.69) is 17.1 Å². The fourth-order valence-corrected chi connectivity index (χ4v) is 1.08. The lowest BCUT2D eigenvalue weighted by molar-refractivity contribution is 0.598. The minimum absolute atomic E-state index is 0.300. The van der Waals surface area contributed by atoms with E-state index in [1.54, 1.807) is 6.07 Å². The first-order chi connectivity index (χ1) is 5.27. The minimum Gasteiger partial charge on any atom is -0.429 e. The van der Waals surface area contributed by atoms with Crippen LogP contribution in [0.1, 0.15) is 12.5 Å². The van der Waals surface area contributed by atoms with E-state index in [0.717, 1.165) is 12.0 Å². The van der Waals surface area contributed by atoms with Gasteiger partial charge in [-0.1, -0.05) is 13.0 Å². The van der Waals surface area contributed by atoms with Crippen molar-refractivity contribution in [2.45, 2.75) is 13.3 Å². The summed E-state index contributed by atoms with van der Waals surface area (Å²) in [5, 5.41) is 0. The zero-order chi connectivity index (χ0) is 8.27. The molecule has 0 amide bonds. The van der Waals surface area contributed by atoms with E-state index < -0.39 is 0 Å². The molecule has 0 radical (unpaired) electrons. The second-order valence-electron chi connectivity index (χ2n) is 2.20. The van der Waals surface area contributed by atoms with Crippen LogP contribution in [0.25, 0.3) is 0 Å². The van der Waals surface area contributed by atoms with E-state index in [1.165, 1.54) is 12.1 Å². The fourth-order valence-electron chi connectivity index (χ4n) is 0.905. The summed E-state index contributed by atoms with van der Waals surface area (Å²) in [7, 11) is 0. The van der Waals surface area contributed by atoms with Gasteiger partial charge in [0.25, 0.3) is 0 Å². The van der Waals surface area contributed by atoms with Crippen molar-refractivity contribution in [2.24, 2.45) is 0 Å². The maximum atomic E-state index is 12.6. The molecule has 0 N–H and O–H groups in total. The topological polar surface area (TPSA) is 9.23 Å². The van der Waals surface area contributed by atoms with Crippen LogP contribution in [0.5, 0.6) is 5.75 Å². The van der Waals surface area contributed by atoms with Gasteiger partial charge < -0.3 is 4.18 Å². The molecule has 3 heteroatoms. The van der Waals surface area contributed by atoms with Gasteiger partial charge in [0.1, 0.15) is 11.6 Å². The van der Waals surface area contributed by atoms with Gasteiger partial charge in [0, 0.05) is 19.0 Å². The van der Waals surface area contributed by atoms with Gasteiger partial charge in [-0.3, -0.25) is 0 Å². The first-order valence-electron chi connectivity index (χ1n) is 3.37. The van der Waals surface area contributed by atoms with Crippen molar-refractivity contribution >= 4 is 12.9 Å². The van der Waals surface area contributed by atoms with Gasteiger partial charge in [-0.2, -0.15) is 0 Å². The van der Waals surface area contributed by atoms with Gasteiger partial charge in [-0.25, -0.2) is 4.39 Å². The van der Waals surface area contributed by atoms with Crippen molar-refractivity contribution in [3.05, 3.63) is 29.6 Å². The first kappa shape index (κ1) is 8.40. The van der Waals surface area contributed by atoms with E-state index in [-0.39, 0.29) is 5.82 Å². The SMILES string of the molecule is CCc1ccc(F)cc1OS. The highest BCUT2D eigenvalue weighted by Gasteiger charge is 2.01. The predicted octanol–water partition coefficient (Wildman–Crippen LogP) is 2.61. The van der Waals surface area contributed by atoms with E-state index >= 15 is 0 Å². The lowest BCUT2D eigenvalue weighted by Crippen LogP contribution is -1.87. The van der Waals surface area contributed by atoms with Crippen LogP contribution in [-0.4, -0.2) is 0 Å². The number of hydrogen-bond acceptors (Lipinski definition) is 2. The van der Waals surface area contributed by atoms with Gasteiger partial charge in [0.05, 0.1) is 0 Å². The van der Waals surface area contributed by atoms with E-state index in [0.29, 0.717) is 5.75 Å². The third-order valence-corrected chi connectivity index (χ3v) is 1.71. The summed E-state index contributed by atoms with van der Waals surface area (Å²) in [6, 6.07) is 4.43. The Morgan fingerprint density at radius 1 is 1.55 bits per heavy atom. The van der Waals surface area contributed by atoms with Crippen molar-refractivity contribution in [3.63, 3.8) is 0 Å². The average Bonchev–Trinajstić information content (AvgIpc) is 2.04. The number of rotatable bonds is 2. The van der Waals surface area contributed by atoms with Crippen LogP contribution in [0.15, 0.2) is 18.2 Å². The average molecular weight is 172 g/mol. The summed E-state index contributed by atoms with van der Waals surface area (Å²) < 4.78 is 17.2. The number of halogens is 1. The van der Waals surface area contributed by atoms with Crippen molar-refractivity contribution in [2.75, 3.05) is 0 Å². The zero-order valence-corrected chi connectivity index (χ0v) is 7.07. The molecule has 11 heavy (non-hydrogen) atoms. The highest BCUT2D eigenvalue weighted by atomic mass is 32.1. The molecule has 0 heterocycles. The van der Waals surface area contributed by atoms with Crippen molar-refractivity contribution < 1.29 is 8.57 Å². The summed E-state index contributed by atoms with van der Waals surface area (Å²) >= 11 is 3.61. The number of benzene rings is 1. The molecular weight excluding hydrogens is 163 g/mol. The Labute approximate surface area is 70.8 Å². The zero-order valence-electron chi connectivity index (χ0n) is 6.17. The van der Waals surface area contributed by atoms with Gasteiger partial charge in [0.2, 0.25) is 0 Å². The molecule has 0 aliphatic rings. The molecule has 0 aromatic heterocycles. The monoisotopic (exact) mass is 172 g/mol. The van der Waals surface area contributed by atoms with Crippen LogP contribution in [-0.2, 0) is 6.42 Å². The van der Waals surface area contributed by atoms with Crippen molar-refractivity contribution in [1.29, 1.82) is 0 Å². The second-order valence-corrected chi connectivity index (χ2v) is 2.38. The van der Waals surface area contributed by atoms with E-state index in [1.807, 2.05) is 6.92 Å². The number of hydrogen-bond donors (Lipinski definition) is 1. The molecule has 0 unspecified atom stereocenters. The molecule has 1 rings (SSSR count). The van der Waals surface area contributed by atoms with E-state index in [9.17, 15) is 4.39 Å². The Morgan fingerprint density at radius 2 is 2.27 bits per heavy atom. The second kappa shape index (κ2) is 3.62. The Hall–Kier alpha value is -0.700. The van der Waals surface area contributed by atoms with Crippen LogP contribution < -0.4 is 4.18 Å². The van der Waals surface area contributed by atoms with Gasteiger partial charge in [-0.15, -0.1) is 0 Å². The molecule has 0 spiro atoms. The van der Waals surface area contributed by atoms with Crippen LogP contribution in [0.3, 0.4) is 0 Å². The molecule has 0 aliphatic carbocycles. The summed E-state index contributed by atoms with van der Waals surface area (Å²) in [5.41, 5.74) is 0.960. The molecule has 0 bridgehead atoms. The summed E-state index contributed by atoms with van der Waals surface area (Å²) in [6.07, 6.45) is 0.816. The summed E-state index contributed by atoms with van der Waals surface area (Å²) in [4.78, 5) is 0. The third kappa shape index (κ3) is 1.87. The Kier molecular flexibility index (Phi) is 2.76. The van der Waals surface area contributed by atoms with Crippen molar-refractivity contribution in [1.82, 2.24) is 0 Å². The minimum atomic E-state index is -0.300. The normalized spacial score (nSPS) is 9.73. The van der Waals surface area contributed by atoms with Crippen LogP contribution in [0.4, 0.5) is 4.39 Å². The van der Waals surface area contributed by atoms with Gasteiger partial charge >= 0.3 is 0 Å². The quantitative estimate of drug-likeness (QED) is 0.533. The smallest absolute Gasteiger partial charge is 0.143 e. The molecule has 0 fully saturated rings. The molecular formula is C8H9FOS. The van der Waals surface area contributed by atoms with Gasteiger partial charge in [0.15, 0.2) is 0 Å². The molecule has 60 valence electrons. The standard InChI is InChI=1S/C8H9FOS/c1-2-6-3-4-7(9)5-8(6)10-11/h3-5,11H,2H2,1H3. The Morgan fingerprint density at radius 3 is 2.82 bits per heavy atom. The number of aryl methyl sites for hydroxylation is 1. The summed E-state index contributed by atoms with van der Waals surface area (Å²) in [5.74, 6) is 0.196. The molecule has 0 atom stereocenters. The highest BCUT2D eigenvalue weighted by molar-refractivity contribution is 7.75. The molecule has 0 aliphatic heterocycles. The lowest BCUT2D eigenvalue weighted by Gasteiger charge is -2.03. The summed E-state index contributed by atoms with van der Waals surface area (Å²) in [6.45, 7) is 1.98. The highest BCUT2D eigenvalue weighted by Crippen LogP contribution is 2.20. The molecule has 0 saturated carbocycles. The van der Waals surface area contributed by atoms with Crippen LogP contribution in [0.2, 0.25) is 0 Å². The fraction of sp³-hybridized carbons (Fsp3) is 0.250. The number of thiol groups is 1. The molecule has 1 aromatic rings. The predicted molar refractivity (Wildman–Crippen MR) is 45.4 cm³/mol. The largest absolute Gasteiger partial charge is 0.429 e. The maximum absolute atomic E-state index is 12.6. The van der Waals surface area contributed by atoms with Crippen molar-refractivity contribution in [3.8, 4) is 5.75 Å². The molecule has 0 saturated heterocycles. The Balaban J connectivity index is 3.06. The van der Waals surface area contributed by atoms with Gasteiger partial charge in [-0.05, 0) is 18.1 Å². The maximum Gasteiger partial charge on any atom is 0.143 e. The van der Waals surface area contributed by atoms with Crippen LogP contribution in [0, 0.1) is 5.82 Å². The van der Waals surface area contributed by atoms with Crippen LogP contribution >= 0.6 is 12.9 Å². The first-order valence-corrected chi connectivity index (χ1v) is 3.74. The molecule has 1 nitrogen and oxygen atoms in total. The lowest BCUT2D eigenvalue weighted by atomic mass is 10.1. The van der Waals surface area contributed by atoms with E-state index in [4.69, 9.17) is 0 Å². The molecule has 1 aromatic carbocycles. The third-order valence-electron chi connectivity index (χ3n) is 1.51. The Bertz CT molecular complexity index is 250.